The molecule has 2 heterocycles. The van der Waals surface area contributed by atoms with Crippen molar-refractivity contribution in [2.75, 3.05) is 26.2 Å². The third-order valence-electron chi connectivity index (χ3n) is 5.41. The first-order valence-corrected chi connectivity index (χ1v) is 11.1. The van der Waals surface area contributed by atoms with Gasteiger partial charge in [-0.25, -0.2) is 4.79 Å². The van der Waals surface area contributed by atoms with Gasteiger partial charge in [0.25, 0.3) is 5.56 Å². The van der Waals surface area contributed by atoms with Crippen molar-refractivity contribution < 1.29 is 24.5 Å². The summed E-state index contributed by atoms with van der Waals surface area (Å²) in [4.78, 5) is 50.4. The third-order valence-corrected chi connectivity index (χ3v) is 5.41. The molecule has 2 amide bonds. The molecular formula is C20H34N6O7. The van der Waals surface area contributed by atoms with E-state index in [1.54, 1.807) is 0 Å². The van der Waals surface area contributed by atoms with Gasteiger partial charge in [-0.2, -0.15) is 0 Å². The molecule has 4 atom stereocenters. The van der Waals surface area contributed by atoms with E-state index >= 15 is 0 Å². The van der Waals surface area contributed by atoms with Gasteiger partial charge in [-0.05, 0) is 25.8 Å². The highest BCUT2D eigenvalue weighted by Crippen LogP contribution is 2.27. The predicted octanol–water partition coefficient (Wildman–Crippen LogP) is -3.20. The molecule has 0 aliphatic carbocycles. The molecule has 1 aromatic heterocycles. The number of hydrogen-bond donors (Lipinski definition) is 7. The number of rotatable bonds is 13. The third kappa shape index (κ3) is 8.05. The minimum Gasteiger partial charge on any atom is -0.394 e. The van der Waals surface area contributed by atoms with Gasteiger partial charge in [-0.15, -0.1) is 0 Å². The quantitative estimate of drug-likeness (QED) is 0.144. The number of H-pyrrole nitrogens is 1. The fraction of sp³-hybridized carbons (Fsp3) is 0.700. The van der Waals surface area contributed by atoms with Crippen LogP contribution in [-0.4, -0.2) is 76.1 Å². The number of unbranched alkanes of at least 4 members (excludes halogenated alkanes) is 1. The molecule has 2 rings (SSSR count). The first kappa shape index (κ1) is 26.7. The average molecular weight is 471 g/mol. The van der Waals surface area contributed by atoms with Gasteiger partial charge < -0.3 is 37.1 Å². The molecule has 1 aliphatic heterocycles. The number of nitrogens with one attached hydrogen (secondary N) is 3. The molecule has 13 nitrogen and oxygen atoms in total. The molecule has 9 N–H and O–H groups in total. The van der Waals surface area contributed by atoms with Gasteiger partial charge in [0.05, 0.1) is 18.8 Å². The van der Waals surface area contributed by atoms with E-state index < -0.39 is 42.3 Å². The molecule has 1 saturated heterocycles. The summed E-state index contributed by atoms with van der Waals surface area (Å²) in [6.45, 7) is 0.568. The maximum atomic E-state index is 12.1. The van der Waals surface area contributed by atoms with Crippen molar-refractivity contribution in [2.24, 2.45) is 11.5 Å². The number of aliphatic hydroxyl groups is 2. The van der Waals surface area contributed by atoms with Gasteiger partial charge in [-0.3, -0.25) is 23.9 Å². The number of aryl methyl sites for hydroxylation is 1. The molecule has 1 aliphatic rings. The fourth-order valence-electron chi connectivity index (χ4n) is 3.46. The number of nitrogens with zero attached hydrogens (tertiary/aromatic N) is 1. The number of aromatic nitrogens is 2. The van der Waals surface area contributed by atoms with E-state index in [1.807, 2.05) is 0 Å². The van der Waals surface area contributed by atoms with E-state index in [1.165, 1.54) is 6.20 Å². The van der Waals surface area contributed by atoms with Gasteiger partial charge in [0.15, 0.2) is 0 Å². The fourth-order valence-corrected chi connectivity index (χ4v) is 3.46. The monoisotopic (exact) mass is 470 g/mol. The first-order valence-electron chi connectivity index (χ1n) is 11.1. The summed E-state index contributed by atoms with van der Waals surface area (Å²) >= 11 is 0. The van der Waals surface area contributed by atoms with Crippen molar-refractivity contribution in [1.82, 2.24) is 20.2 Å². The number of hydrogen-bond acceptors (Lipinski definition) is 9. The van der Waals surface area contributed by atoms with E-state index in [-0.39, 0.29) is 49.7 Å². The van der Waals surface area contributed by atoms with Crippen molar-refractivity contribution in [3.8, 4) is 0 Å². The Bertz CT molecular complexity index is 902. The van der Waals surface area contributed by atoms with Gasteiger partial charge in [0, 0.05) is 37.7 Å². The van der Waals surface area contributed by atoms with Crippen LogP contribution in [0.15, 0.2) is 15.8 Å². The Morgan fingerprint density at radius 1 is 1.27 bits per heavy atom. The van der Waals surface area contributed by atoms with Crippen LogP contribution in [-0.2, 0) is 20.7 Å². The lowest BCUT2D eigenvalue weighted by Gasteiger charge is -2.15. The van der Waals surface area contributed by atoms with E-state index in [2.05, 4.69) is 15.6 Å². The molecule has 13 heteroatoms. The number of aromatic amines is 1. The average Bonchev–Trinajstić information content (AvgIpc) is 3.16. The summed E-state index contributed by atoms with van der Waals surface area (Å²) in [6, 6.07) is -0.618. The first-order chi connectivity index (χ1) is 15.8. The second-order valence-corrected chi connectivity index (χ2v) is 7.97. The summed E-state index contributed by atoms with van der Waals surface area (Å²) in [6.07, 6.45) is 0.965. The summed E-state index contributed by atoms with van der Waals surface area (Å²) in [5.74, 6) is -0.626. The summed E-state index contributed by atoms with van der Waals surface area (Å²) < 4.78 is 6.59. The van der Waals surface area contributed by atoms with E-state index in [9.17, 15) is 29.4 Å². The molecule has 1 aromatic rings. The van der Waals surface area contributed by atoms with Crippen LogP contribution in [0.1, 0.15) is 43.9 Å². The Morgan fingerprint density at radius 2 is 2.00 bits per heavy atom. The van der Waals surface area contributed by atoms with Crippen LogP contribution in [0.5, 0.6) is 0 Å². The minimum atomic E-state index is -0.936. The Balaban J connectivity index is 1.79. The molecule has 0 saturated carbocycles. The zero-order valence-electron chi connectivity index (χ0n) is 18.5. The van der Waals surface area contributed by atoms with Gasteiger partial charge in [0.1, 0.15) is 12.3 Å². The molecule has 186 valence electrons. The SMILES string of the molecule is NCCCCC(N)C(=O)NCCNC(=O)CCc1cn([C@H]2CC(O)[C@@H](CO)O2)c(=O)[nH]c1=O. The molecule has 0 radical (unpaired) electrons. The second kappa shape index (κ2) is 13.2. The summed E-state index contributed by atoms with van der Waals surface area (Å²) in [7, 11) is 0. The highest BCUT2D eigenvalue weighted by Gasteiger charge is 2.35. The zero-order chi connectivity index (χ0) is 24.4. The van der Waals surface area contributed by atoms with Crippen LogP contribution in [0.2, 0.25) is 0 Å². The van der Waals surface area contributed by atoms with Crippen LogP contribution in [0, 0.1) is 0 Å². The maximum Gasteiger partial charge on any atom is 0.330 e. The molecule has 2 unspecified atom stereocenters. The van der Waals surface area contributed by atoms with Crippen molar-refractivity contribution in [3.05, 3.63) is 32.6 Å². The Kier molecular flexibility index (Phi) is 10.7. The molecule has 0 spiro atoms. The van der Waals surface area contributed by atoms with E-state index in [0.29, 0.717) is 13.0 Å². The van der Waals surface area contributed by atoms with Crippen LogP contribution in [0.25, 0.3) is 0 Å². The van der Waals surface area contributed by atoms with Crippen LogP contribution in [0.4, 0.5) is 0 Å². The van der Waals surface area contributed by atoms with Gasteiger partial charge >= 0.3 is 5.69 Å². The molecule has 0 bridgehead atoms. The number of carbonyl (C=O) groups is 2. The molecule has 0 aromatic carbocycles. The van der Waals surface area contributed by atoms with Crippen molar-refractivity contribution in [2.45, 2.75) is 63.0 Å². The summed E-state index contributed by atoms with van der Waals surface area (Å²) in [5.41, 5.74) is 10.1. The van der Waals surface area contributed by atoms with Crippen LogP contribution in [0.3, 0.4) is 0 Å². The Morgan fingerprint density at radius 3 is 2.67 bits per heavy atom. The maximum absolute atomic E-state index is 12.1. The van der Waals surface area contributed by atoms with Crippen molar-refractivity contribution in [1.29, 1.82) is 0 Å². The predicted molar refractivity (Wildman–Crippen MR) is 118 cm³/mol. The number of aliphatic hydroxyl groups excluding tert-OH is 2. The standard InChI is InChI=1S/C20H34N6O7/c21-6-2-1-3-13(22)19(31)24-8-7-23-16(29)5-4-12-10-26(20(32)25-18(12)30)17-9-14(28)15(11-27)33-17/h10,13-15,17,27-28H,1-9,11,21-22H2,(H,23,29)(H,24,31)(H,25,30,32)/t13?,14?,15-,17-/m1/s1. The lowest BCUT2D eigenvalue weighted by atomic mass is 10.1. The van der Waals surface area contributed by atoms with E-state index in [4.69, 9.17) is 16.2 Å². The zero-order valence-corrected chi connectivity index (χ0v) is 18.5. The molecular weight excluding hydrogens is 436 g/mol. The van der Waals surface area contributed by atoms with E-state index in [0.717, 1.165) is 17.4 Å². The van der Waals surface area contributed by atoms with Crippen LogP contribution >= 0.6 is 0 Å². The lowest BCUT2D eigenvalue weighted by molar-refractivity contribution is -0.123. The van der Waals surface area contributed by atoms with Crippen molar-refractivity contribution >= 4 is 11.8 Å². The topological polar surface area (TPSA) is 215 Å². The van der Waals surface area contributed by atoms with Crippen LogP contribution < -0.4 is 33.3 Å². The lowest BCUT2D eigenvalue weighted by Crippen LogP contribution is -2.43. The molecule has 33 heavy (non-hydrogen) atoms. The smallest absolute Gasteiger partial charge is 0.330 e. The Hall–Kier alpha value is -2.58. The number of amides is 2. The van der Waals surface area contributed by atoms with Gasteiger partial charge in [-0.1, -0.05) is 6.42 Å². The largest absolute Gasteiger partial charge is 0.394 e. The minimum absolute atomic E-state index is 0.0127. The second-order valence-electron chi connectivity index (χ2n) is 7.97. The number of nitrogens with two attached hydrogens (primary N) is 2. The van der Waals surface area contributed by atoms with Crippen molar-refractivity contribution in [3.63, 3.8) is 0 Å². The summed E-state index contributed by atoms with van der Waals surface area (Å²) in [5, 5.41) is 24.4. The molecule has 1 fully saturated rings. The highest BCUT2D eigenvalue weighted by molar-refractivity contribution is 5.81. The normalized spacial score (nSPS) is 21.0. The Labute approximate surface area is 190 Å². The van der Waals surface area contributed by atoms with Gasteiger partial charge in [0.2, 0.25) is 11.8 Å². The number of carbonyl (C=O) groups excluding carboxylic acids is 2. The number of ether oxygens (including phenoxy) is 1. The highest BCUT2D eigenvalue weighted by atomic mass is 16.5.